The van der Waals surface area contributed by atoms with Crippen LogP contribution in [0.2, 0.25) is 5.02 Å². The first-order valence-electron chi connectivity index (χ1n) is 8.51. The summed E-state index contributed by atoms with van der Waals surface area (Å²) in [6.45, 7) is 2.69. The van der Waals surface area contributed by atoms with Crippen LogP contribution in [0.4, 0.5) is 5.82 Å². The highest BCUT2D eigenvalue weighted by Crippen LogP contribution is 2.32. The molecule has 7 heteroatoms. The lowest BCUT2D eigenvalue weighted by Crippen LogP contribution is -2.06. The molecule has 0 saturated carbocycles. The molecule has 3 heterocycles. The summed E-state index contributed by atoms with van der Waals surface area (Å²) >= 11 is 7.76. The van der Waals surface area contributed by atoms with Gasteiger partial charge in [-0.15, -0.1) is 11.3 Å². The third-order valence-electron chi connectivity index (χ3n) is 4.04. The molecule has 27 heavy (non-hydrogen) atoms. The van der Waals surface area contributed by atoms with Gasteiger partial charge in [0, 0.05) is 23.7 Å². The lowest BCUT2D eigenvalue weighted by Gasteiger charge is -2.08. The van der Waals surface area contributed by atoms with E-state index in [2.05, 4.69) is 32.4 Å². The highest BCUT2D eigenvalue weighted by atomic mass is 35.5. The molecular formula is C20H17ClN4OS. The van der Waals surface area contributed by atoms with E-state index in [1.165, 1.54) is 16.9 Å². The second kappa shape index (κ2) is 7.90. The topological polar surface area (TPSA) is 59.9 Å². The maximum Gasteiger partial charge on any atom is 0.219 e. The van der Waals surface area contributed by atoms with Gasteiger partial charge in [0.25, 0.3) is 0 Å². The molecule has 5 nitrogen and oxygen atoms in total. The zero-order chi connectivity index (χ0) is 18.6. The summed E-state index contributed by atoms with van der Waals surface area (Å²) in [6, 6.07) is 13.7. The summed E-state index contributed by atoms with van der Waals surface area (Å²) in [4.78, 5) is 13.8. The van der Waals surface area contributed by atoms with E-state index >= 15 is 0 Å². The van der Waals surface area contributed by atoms with Crippen LogP contribution in [0, 0.1) is 6.92 Å². The van der Waals surface area contributed by atoms with Crippen LogP contribution >= 0.6 is 22.9 Å². The summed E-state index contributed by atoms with van der Waals surface area (Å²) < 4.78 is 5.78. The molecule has 0 atom stereocenters. The summed E-state index contributed by atoms with van der Waals surface area (Å²) in [6.07, 6.45) is 2.42. The van der Waals surface area contributed by atoms with Crippen LogP contribution in [0.5, 0.6) is 11.6 Å². The molecule has 4 aromatic rings. The first kappa shape index (κ1) is 17.7. The highest BCUT2D eigenvalue weighted by Gasteiger charge is 2.09. The van der Waals surface area contributed by atoms with Crippen molar-refractivity contribution < 1.29 is 4.74 Å². The number of fused-ring (bicyclic) bond motifs is 1. The minimum absolute atomic E-state index is 0.602. The van der Waals surface area contributed by atoms with E-state index in [0.29, 0.717) is 10.9 Å². The van der Waals surface area contributed by atoms with Crippen molar-refractivity contribution in [2.24, 2.45) is 0 Å². The number of benzene rings is 1. The Morgan fingerprint density at radius 2 is 1.96 bits per heavy atom. The van der Waals surface area contributed by atoms with Crippen molar-refractivity contribution in [2.75, 3.05) is 11.9 Å². The Balaban J connectivity index is 1.37. The molecule has 0 spiro atoms. The smallest absolute Gasteiger partial charge is 0.219 e. The van der Waals surface area contributed by atoms with Gasteiger partial charge in [0.15, 0.2) is 0 Å². The number of pyridine rings is 1. The quantitative estimate of drug-likeness (QED) is 0.466. The van der Waals surface area contributed by atoms with E-state index in [-0.39, 0.29) is 0 Å². The predicted octanol–water partition coefficient (Wildman–Crippen LogP) is 5.50. The second-order valence-electron chi connectivity index (χ2n) is 6.03. The molecule has 3 aromatic heterocycles. The Hall–Kier alpha value is -2.70. The maximum absolute atomic E-state index is 6.24. The van der Waals surface area contributed by atoms with E-state index < -0.39 is 0 Å². The van der Waals surface area contributed by atoms with Crippen LogP contribution < -0.4 is 10.1 Å². The van der Waals surface area contributed by atoms with Gasteiger partial charge in [-0.1, -0.05) is 29.8 Å². The van der Waals surface area contributed by atoms with Gasteiger partial charge in [0.1, 0.15) is 22.7 Å². The number of hydrogen-bond donors (Lipinski definition) is 1. The van der Waals surface area contributed by atoms with Crippen molar-refractivity contribution in [1.29, 1.82) is 0 Å². The number of anilines is 1. The Kier molecular flexibility index (Phi) is 5.18. The molecule has 4 rings (SSSR count). The van der Waals surface area contributed by atoms with Crippen molar-refractivity contribution in [3.05, 3.63) is 70.5 Å². The molecule has 1 aromatic carbocycles. The van der Waals surface area contributed by atoms with Crippen LogP contribution in [-0.2, 0) is 6.42 Å². The standard InChI is InChI=1S/C20H17ClN4OS/c1-13-3-2-4-17(25-13)26-15-7-5-14(6-8-15)9-10-22-19-18-16(21)11-27-20(18)24-12-23-19/h2-8,11-12H,9-10H2,1H3,(H,22,23,24). The van der Waals surface area contributed by atoms with Gasteiger partial charge in [0.05, 0.1) is 10.4 Å². The molecule has 0 radical (unpaired) electrons. The SMILES string of the molecule is Cc1cccc(Oc2ccc(CCNc3ncnc4scc(Cl)c34)cc2)n1. The average molecular weight is 397 g/mol. The zero-order valence-electron chi connectivity index (χ0n) is 14.6. The molecule has 0 unspecified atom stereocenters. The monoisotopic (exact) mass is 396 g/mol. The van der Waals surface area contributed by atoms with E-state index in [1.54, 1.807) is 6.33 Å². The van der Waals surface area contributed by atoms with Crippen molar-refractivity contribution >= 4 is 39.0 Å². The van der Waals surface area contributed by atoms with Crippen molar-refractivity contribution in [2.45, 2.75) is 13.3 Å². The first-order chi connectivity index (χ1) is 13.2. The maximum atomic E-state index is 6.24. The minimum Gasteiger partial charge on any atom is -0.439 e. The van der Waals surface area contributed by atoms with Gasteiger partial charge >= 0.3 is 0 Å². The lowest BCUT2D eigenvalue weighted by molar-refractivity contribution is 0.461. The molecule has 0 aliphatic carbocycles. The van der Waals surface area contributed by atoms with Gasteiger partial charge in [0.2, 0.25) is 5.88 Å². The predicted molar refractivity (Wildman–Crippen MR) is 110 cm³/mol. The summed E-state index contributed by atoms with van der Waals surface area (Å²) in [5.41, 5.74) is 2.13. The summed E-state index contributed by atoms with van der Waals surface area (Å²) in [7, 11) is 0. The van der Waals surface area contributed by atoms with E-state index in [4.69, 9.17) is 16.3 Å². The van der Waals surface area contributed by atoms with Gasteiger partial charge in [-0.05, 0) is 37.1 Å². The molecule has 0 bridgehead atoms. The Morgan fingerprint density at radius 3 is 2.78 bits per heavy atom. The van der Waals surface area contributed by atoms with Gasteiger partial charge in [-0.2, -0.15) is 0 Å². The van der Waals surface area contributed by atoms with Gasteiger partial charge in [-0.25, -0.2) is 15.0 Å². The normalized spacial score (nSPS) is 10.9. The van der Waals surface area contributed by atoms with Gasteiger partial charge < -0.3 is 10.1 Å². The van der Waals surface area contributed by atoms with Crippen LogP contribution in [-0.4, -0.2) is 21.5 Å². The first-order valence-corrected chi connectivity index (χ1v) is 9.77. The van der Waals surface area contributed by atoms with Crippen molar-refractivity contribution in [3.63, 3.8) is 0 Å². The summed E-state index contributed by atoms with van der Waals surface area (Å²) in [5.74, 6) is 2.15. The van der Waals surface area contributed by atoms with E-state index in [0.717, 1.165) is 40.4 Å². The number of halogens is 1. The van der Waals surface area contributed by atoms with Crippen LogP contribution in [0.15, 0.2) is 54.2 Å². The molecular weight excluding hydrogens is 380 g/mol. The summed E-state index contributed by atoms with van der Waals surface area (Å²) in [5, 5.41) is 6.81. The number of aryl methyl sites for hydroxylation is 1. The molecule has 0 saturated heterocycles. The third kappa shape index (κ3) is 4.18. The molecule has 1 N–H and O–H groups in total. The number of rotatable bonds is 6. The Morgan fingerprint density at radius 1 is 1.11 bits per heavy atom. The number of thiophene rings is 1. The zero-order valence-corrected chi connectivity index (χ0v) is 16.2. The van der Waals surface area contributed by atoms with Crippen LogP contribution in [0.25, 0.3) is 10.2 Å². The Bertz CT molecular complexity index is 1070. The largest absolute Gasteiger partial charge is 0.439 e. The number of hydrogen-bond acceptors (Lipinski definition) is 6. The van der Waals surface area contributed by atoms with Crippen molar-refractivity contribution in [3.8, 4) is 11.6 Å². The molecule has 0 aliphatic heterocycles. The third-order valence-corrected chi connectivity index (χ3v) is 5.35. The second-order valence-corrected chi connectivity index (χ2v) is 7.29. The van der Waals surface area contributed by atoms with Crippen LogP contribution in [0.3, 0.4) is 0 Å². The molecule has 0 aliphatic rings. The average Bonchev–Trinajstić information content (AvgIpc) is 3.05. The fourth-order valence-electron chi connectivity index (χ4n) is 2.72. The number of ether oxygens (including phenoxy) is 1. The fourth-order valence-corrected chi connectivity index (χ4v) is 3.85. The molecule has 0 amide bonds. The number of nitrogens with zero attached hydrogens (tertiary/aromatic N) is 3. The Labute approximate surface area is 166 Å². The minimum atomic E-state index is 0.602. The highest BCUT2D eigenvalue weighted by molar-refractivity contribution is 7.17. The number of aromatic nitrogens is 3. The van der Waals surface area contributed by atoms with Gasteiger partial charge in [-0.3, -0.25) is 0 Å². The lowest BCUT2D eigenvalue weighted by atomic mass is 10.1. The number of nitrogens with one attached hydrogen (secondary N) is 1. The van der Waals surface area contributed by atoms with Crippen molar-refractivity contribution in [1.82, 2.24) is 15.0 Å². The van der Waals surface area contributed by atoms with Crippen LogP contribution in [0.1, 0.15) is 11.3 Å². The molecule has 0 fully saturated rings. The fraction of sp³-hybridized carbons (Fsp3) is 0.150. The van der Waals surface area contributed by atoms with E-state index in [1.807, 2.05) is 42.6 Å². The molecule has 136 valence electrons. The van der Waals surface area contributed by atoms with E-state index in [9.17, 15) is 0 Å².